The number of piperazine rings is 2. The van der Waals surface area contributed by atoms with Crippen LogP contribution in [0.15, 0.2) is 48.5 Å². The van der Waals surface area contributed by atoms with E-state index in [9.17, 15) is 4.79 Å². The number of benzene rings is 2. The number of rotatable bonds is 6. The van der Waals surface area contributed by atoms with Crippen molar-refractivity contribution < 1.29 is 9.53 Å². The molecule has 2 unspecified atom stereocenters. The highest BCUT2D eigenvalue weighted by molar-refractivity contribution is 6.30. The van der Waals surface area contributed by atoms with Gasteiger partial charge >= 0.3 is 6.09 Å². The first-order chi connectivity index (χ1) is 24.3. The number of carbonyl (C=O) groups excluding carboxylic acids is 1. The van der Waals surface area contributed by atoms with Crippen molar-refractivity contribution in [3.8, 4) is 0 Å². The molecule has 4 fully saturated rings. The molecule has 4 aliphatic heterocycles. The summed E-state index contributed by atoms with van der Waals surface area (Å²) in [7, 11) is 4.49. The highest BCUT2D eigenvalue weighted by Crippen LogP contribution is 2.28. The van der Waals surface area contributed by atoms with Crippen molar-refractivity contribution in [1.29, 1.82) is 0 Å². The van der Waals surface area contributed by atoms with Gasteiger partial charge in [-0.15, -0.1) is 12.4 Å². The summed E-state index contributed by atoms with van der Waals surface area (Å²) in [6.45, 7) is 18.8. The Kier molecular flexibility index (Phi) is 16.4. The van der Waals surface area contributed by atoms with Crippen molar-refractivity contribution >= 4 is 41.7 Å². The lowest BCUT2D eigenvalue weighted by Gasteiger charge is -2.49. The van der Waals surface area contributed by atoms with E-state index in [0.29, 0.717) is 30.2 Å². The third-order valence-electron chi connectivity index (χ3n) is 11.5. The largest absolute Gasteiger partial charge is 0.444 e. The number of ether oxygens (including phenoxy) is 1. The van der Waals surface area contributed by atoms with Crippen molar-refractivity contribution in [3.05, 3.63) is 69.7 Å². The lowest BCUT2D eigenvalue weighted by molar-refractivity contribution is -0.0118. The van der Waals surface area contributed by atoms with Crippen LogP contribution in [0.2, 0.25) is 10.0 Å². The molecular weight excluding hydrogens is 715 g/mol. The van der Waals surface area contributed by atoms with E-state index >= 15 is 0 Å². The third kappa shape index (κ3) is 12.5. The van der Waals surface area contributed by atoms with Crippen LogP contribution in [0.5, 0.6) is 0 Å². The maximum atomic E-state index is 12.4. The number of amides is 1. The first-order valence-corrected chi connectivity index (χ1v) is 20.1. The summed E-state index contributed by atoms with van der Waals surface area (Å²) >= 11 is 12.1. The molecule has 292 valence electrons. The number of piperidine rings is 2. The van der Waals surface area contributed by atoms with Gasteiger partial charge in [-0.05, 0) is 136 Å². The van der Waals surface area contributed by atoms with E-state index in [-0.39, 0.29) is 18.5 Å². The summed E-state index contributed by atoms with van der Waals surface area (Å²) in [5.41, 5.74) is 2.29. The lowest BCUT2D eigenvalue weighted by atomic mass is 9.94. The molecule has 8 nitrogen and oxygen atoms in total. The van der Waals surface area contributed by atoms with Gasteiger partial charge in [0.25, 0.3) is 0 Å². The monoisotopic (exact) mass is 778 g/mol. The molecule has 0 saturated carbocycles. The second kappa shape index (κ2) is 19.8. The molecule has 11 heteroatoms. The van der Waals surface area contributed by atoms with Crippen molar-refractivity contribution in [2.24, 2.45) is 0 Å². The molecular formula is C41H65Cl3N6O2. The van der Waals surface area contributed by atoms with E-state index < -0.39 is 5.60 Å². The Balaban J connectivity index is 0.000000236. The Morgan fingerprint density at radius 3 is 1.52 bits per heavy atom. The molecule has 1 amide bonds. The van der Waals surface area contributed by atoms with Gasteiger partial charge in [-0.25, -0.2) is 4.79 Å². The first-order valence-electron chi connectivity index (χ1n) is 19.3. The number of hydrogen-bond donors (Lipinski definition) is 1. The summed E-state index contributed by atoms with van der Waals surface area (Å²) < 4.78 is 5.55. The molecule has 0 aliphatic carbocycles. The quantitative estimate of drug-likeness (QED) is 0.330. The molecule has 0 spiro atoms. The minimum absolute atomic E-state index is 0. The van der Waals surface area contributed by atoms with Crippen LogP contribution in [-0.4, -0.2) is 139 Å². The summed E-state index contributed by atoms with van der Waals surface area (Å²) in [4.78, 5) is 24.7. The predicted molar refractivity (Wildman–Crippen MR) is 219 cm³/mol. The van der Waals surface area contributed by atoms with E-state index in [1.165, 1.54) is 43.6 Å². The number of carbonyl (C=O) groups is 1. The maximum absolute atomic E-state index is 12.4. The zero-order valence-electron chi connectivity index (χ0n) is 32.7. The molecule has 4 aliphatic rings. The van der Waals surface area contributed by atoms with Gasteiger partial charge in [0.2, 0.25) is 0 Å². The smallest absolute Gasteiger partial charge is 0.410 e. The topological polar surface area (TPSA) is 54.5 Å². The molecule has 0 radical (unpaired) electrons. The van der Waals surface area contributed by atoms with Crippen LogP contribution in [0.1, 0.15) is 71.4 Å². The van der Waals surface area contributed by atoms with Crippen molar-refractivity contribution in [1.82, 2.24) is 29.8 Å². The molecule has 2 aromatic carbocycles. The van der Waals surface area contributed by atoms with E-state index in [1.807, 2.05) is 49.9 Å². The average molecular weight is 780 g/mol. The summed E-state index contributed by atoms with van der Waals surface area (Å²) in [6, 6.07) is 20.2. The molecule has 2 aromatic rings. The lowest BCUT2D eigenvalue weighted by Crippen LogP contribution is -2.61. The van der Waals surface area contributed by atoms with Gasteiger partial charge in [0.05, 0.1) is 0 Å². The fraction of sp³-hybridized carbons (Fsp3) is 0.683. The van der Waals surface area contributed by atoms with Gasteiger partial charge in [0.15, 0.2) is 0 Å². The van der Waals surface area contributed by atoms with Gasteiger partial charge in [-0.3, -0.25) is 9.80 Å². The Labute approximate surface area is 330 Å². The van der Waals surface area contributed by atoms with Gasteiger partial charge in [0, 0.05) is 85.6 Å². The molecule has 6 rings (SSSR count). The SMILES string of the molecule is C[C@H]1CN(C2CCN(C(=O)OC(C)(C)C)CC2)C(Cc2ccc(Cl)cc2)CN1C.C[C@H]1CN(C2CCNCC2)C(Cc2ccc(Cl)cc2)CN1C.Cl. The van der Waals surface area contributed by atoms with E-state index in [0.717, 1.165) is 74.5 Å². The average Bonchev–Trinajstić information content (AvgIpc) is 3.10. The highest BCUT2D eigenvalue weighted by Gasteiger charge is 2.37. The third-order valence-corrected chi connectivity index (χ3v) is 12.0. The van der Waals surface area contributed by atoms with Crippen LogP contribution >= 0.6 is 35.6 Å². The van der Waals surface area contributed by atoms with E-state index in [2.05, 4.69) is 77.1 Å². The predicted octanol–water partition coefficient (Wildman–Crippen LogP) is 7.35. The fourth-order valence-electron chi connectivity index (χ4n) is 8.31. The zero-order valence-corrected chi connectivity index (χ0v) is 35.0. The number of nitrogens with zero attached hydrogens (tertiary/aromatic N) is 5. The maximum Gasteiger partial charge on any atom is 0.410 e. The van der Waals surface area contributed by atoms with E-state index in [1.54, 1.807) is 0 Å². The van der Waals surface area contributed by atoms with Gasteiger partial charge in [-0.1, -0.05) is 47.5 Å². The Bertz CT molecular complexity index is 1360. The fourth-order valence-corrected chi connectivity index (χ4v) is 8.56. The second-order valence-corrected chi connectivity index (χ2v) is 17.5. The van der Waals surface area contributed by atoms with E-state index in [4.69, 9.17) is 27.9 Å². The molecule has 4 heterocycles. The number of likely N-dealkylation sites (tertiary alicyclic amines) is 1. The minimum Gasteiger partial charge on any atom is -0.444 e. The van der Waals surface area contributed by atoms with Crippen LogP contribution in [-0.2, 0) is 17.6 Å². The summed E-state index contributed by atoms with van der Waals surface area (Å²) in [5.74, 6) is 0. The minimum atomic E-state index is -0.440. The second-order valence-electron chi connectivity index (χ2n) is 16.6. The Morgan fingerprint density at radius 2 is 1.12 bits per heavy atom. The van der Waals surface area contributed by atoms with Crippen molar-refractivity contribution in [2.45, 2.75) is 115 Å². The zero-order chi connectivity index (χ0) is 36.7. The molecule has 0 bridgehead atoms. The number of hydrogen-bond acceptors (Lipinski definition) is 7. The van der Waals surface area contributed by atoms with Crippen LogP contribution in [0.25, 0.3) is 0 Å². The van der Waals surface area contributed by atoms with Crippen LogP contribution in [0.3, 0.4) is 0 Å². The first kappa shape index (κ1) is 43.1. The Morgan fingerprint density at radius 1 is 0.712 bits per heavy atom. The molecule has 4 atom stereocenters. The van der Waals surface area contributed by atoms with Crippen molar-refractivity contribution in [2.75, 3.05) is 66.5 Å². The Hall–Kier alpha value is -1.62. The molecule has 52 heavy (non-hydrogen) atoms. The molecule has 1 N–H and O–H groups in total. The number of halogens is 3. The number of nitrogens with one attached hydrogen (secondary N) is 1. The summed E-state index contributed by atoms with van der Waals surface area (Å²) in [6.07, 6.45) is 6.56. The van der Waals surface area contributed by atoms with Gasteiger partial charge in [0.1, 0.15) is 5.60 Å². The molecule has 0 aromatic heterocycles. The van der Waals surface area contributed by atoms with Crippen molar-refractivity contribution in [3.63, 3.8) is 0 Å². The summed E-state index contributed by atoms with van der Waals surface area (Å²) in [5, 5.41) is 5.11. The van der Waals surface area contributed by atoms with Gasteiger partial charge in [-0.2, -0.15) is 0 Å². The highest BCUT2D eigenvalue weighted by atomic mass is 35.5. The number of likely N-dealkylation sites (N-methyl/N-ethyl adjacent to an activating group) is 2. The molecule has 4 saturated heterocycles. The van der Waals surface area contributed by atoms with Crippen LogP contribution < -0.4 is 5.32 Å². The van der Waals surface area contributed by atoms with Crippen LogP contribution in [0.4, 0.5) is 4.79 Å². The van der Waals surface area contributed by atoms with Crippen LogP contribution in [0, 0.1) is 0 Å². The van der Waals surface area contributed by atoms with Gasteiger partial charge < -0.3 is 24.8 Å². The standard InChI is InChI=1S/C23H36ClN3O2.C18H28ClN3.ClH/c1-17-15-27(20-10-12-26(13-11-20)22(28)29-23(2,3)4)21(16-25(17)5)14-18-6-8-19(24)9-7-18;1-14-12-22(17-7-9-20-10-8-17)18(13-21(14)2)11-15-3-5-16(19)6-4-15;/h6-9,17,20-21H,10-16H2,1-5H3;3-6,14,17-18,20H,7-13H2,1-2H3;1H/t17-,21?;14-,18?;/m00./s1. The normalized spacial score (nSPS) is 26.3.